The quantitative estimate of drug-likeness (QED) is 0.820. The van der Waals surface area contributed by atoms with Gasteiger partial charge in [-0.25, -0.2) is 0 Å². The van der Waals surface area contributed by atoms with Gasteiger partial charge in [-0.3, -0.25) is 0 Å². The third-order valence-corrected chi connectivity index (χ3v) is 4.91. The molecule has 1 aromatic carbocycles. The van der Waals surface area contributed by atoms with Gasteiger partial charge in [0.1, 0.15) is 0 Å². The van der Waals surface area contributed by atoms with Crippen LogP contribution in [-0.2, 0) is 11.2 Å². The zero-order chi connectivity index (χ0) is 13.8. The van der Waals surface area contributed by atoms with E-state index in [1.54, 1.807) is 0 Å². The van der Waals surface area contributed by atoms with Crippen LogP contribution in [0.4, 0.5) is 0 Å². The Morgan fingerprint density at radius 3 is 2.75 bits per heavy atom. The maximum atomic E-state index is 6.06. The van der Waals surface area contributed by atoms with Crippen molar-refractivity contribution in [3.8, 4) is 0 Å². The monoisotopic (exact) mass is 273 g/mol. The Kier molecular flexibility index (Phi) is 4.74. The molecule has 0 spiro atoms. The van der Waals surface area contributed by atoms with E-state index < -0.39 is 0 Å². The van der Waals surface area contributed by atoms with Crippen molar-refractivity contribution in [2.24, 2.45) is 5.92 Å². The molecule has 2 heterocycles. The number of hydrogen-bond donors (Lipinski definition) is 1. The third kappa shape index (κ3) is 3.24. The Labute approximate surface area is 122 Å². The fraction of sp³-hybridized carbons (Fsp3) is 0.667. The molecular weight excluding hydrogens is 246 g/mol. The molecule has 2 aliphatic rings. The van der Waals surface area contributed by atoms with Gasteiger partial charge < -0.3 is 10.1 Å². The summed E-state index contributed by atoms with van der Waals surface area (Å²) in [7, 11) is 0. The number of benzene rings is 1. The number of aryl methyl sites for hydroxylation is 1. The Hall–Kier alpha value is -0.860. The van der Waals surface area contributed by atoms with Crippen molar-refractivity contribution >= 4 is 0 Å². The van der Waals surface area contributed by atoms with E-state index in [9.17, 15) is 0 Å². The summed E-state index contributed by atoms with van der Waals surface area (Å²) < 4.78 is 6.06. The summed E-state index contributed by atoms with van der Waals surface area (Å²) in [6.45, 7) is 3.38. The van der Waals surface area contributed by atoms with Crippen LogP contribution in [0.1, 0.15) is 44.6 Å². The van der Waals surface area contributed by atoms with Crippen LogP contribution in [0.25, 0.3) is 0 Å². The first kappa shape index (κ1) is 14.1. The summed E-state index contributed by atoms with van der Waals surface area (Å²) in [5.74, 6) is 0.740. The highest BCUT2D eigenvalue weighted by Gasteiger charge is 2.43. The molecule has 2 fully saturated rings. The Balaban J connectivity index is 1.58. The zero-order valence-corrected chi connectivity index (χ0v) is 12.6. The number of fused-ring (bicyclic) bond motifs is 2. The van der Waals surface area contributed by atoms with Crippen molar-refractivity contribution in [2.75, 3.05) is 6.54 Å². The maximum Gasteiger partial charge on any atom is 0.0623 e. The largest absolute Gasteiger partial charge is 0.375 e. The second-order valence-corrected chi connectivity index (χ2v) is 6.36. The molecule has 110 valence electrons. The highest BCUT2D eigenvalue weighted by molar-refractivity contribution is 5.15. The predicted octanol–water partition coefficient (Wildman–Crippen LogP) is 3.55. The fourth-order valence-electron chi connectivity index (χ4n) is 3.86. The van der Waals surface area contributed by atoms with Crippen molar-refractivity contribution in [3.05, 3.63) is 35.9 Å². The second-order valence-electron chi connectivity index (χ2n) is 6.36. The van der Waals surface area contributed by atoms with E-state index in [1.807, 2.05) is 0 Å². The summed E-state index contributed by atoms with van der Waals surface area (Å²) in [4.78, 5) is 0. The maximum absolute atomic E-state index is 6.06. The minimum Gasteiger partial charge on any atom is -0.375 e. The summed E-state index contributed by atoms with van der Waals surface area (Å²) in [6, 6.07) is 11.5. The number of hydrogen-bond acceptors (Lipinski definition) is 2. The predicted molar refractivity (Wildman–Crippen MR) is 82.8 cm³/mol. The van der Waals surface area contributed by atoms with Gasteiger partial charge in [-0.2, -0.15) is 0 Å². The van der Waals surface area contributed by atoms with Crippen LogP contribution in [0.3, 0.4) is 0 Å². The molecule has 2 aliphatic heterocycles. The average Bonchev–Trinajstić information content (AvgIpc) is 3.11. The molecular formula is C18H27NO. The van der Waals surface area contributed by atoms with Crippen molar-refractivity contribution < 1.29 is 4.74 Å². The Morgan fingerprint density at radius 1 is 1.25 bits per heavy atom. The smallest absolute Gasteiger partial charge is 0.0623 e. The van der Waals surface area contributed by atoms with Crippen molar-refractivity contribution in [1.82, 2.24) is 5.32 Å². The van der Waals surface area contributed by atoms with Gasteiger partial charge in [-0.05, 0) is 50.6 Å². The first-order valence-electron chi connectivity index (χ1n) is 8.29. The second kappa shape index (κ2) is 6.73. The summed E-state index contributed by atoms with van der Waals surface area (Å²) in [6.07, 6.45) is 8.57. The molecule has 2 saturated heterocycles. The molecule has 2 heteroatoms. The lowest BCUT2D eigenvalue weighted by Gasteiger charge is -2.29. The molecule has 4 unspecified atom stereocenters. The van der Waals surface area contributed by atoms with E-state index in [-0.39, 0.29) is 0 Å². The van der Waals surface area contributed by atoms with Crippen LogP contribution in [0, 0.1) is 5.92 Å². The van der Waals surface area contributed by atoms with E-state index in [1.165, 1.54) is 44.1 Å². The summed E-state index contributed by atoms with van der Waals surface area (Å²) in [5, 5.41) is 3.79. The van der Waals surface area contributed by atoms with Gasteiger partial charge in [0.15, 0.2) is 0 Å². The molecule has 3 rings (SSSR count). The first-order chi connectivity index (χ1) is 9.86. The lowest BCUT2D eigenvalue weighted by Crippen LogP contribution is -2.41. The van der Waals surface area contributed by atoms with Crippen molar-refractivity contribution in [3.63, 3.8) is 0 Å². The van der Waals surface area contributed by atoms with Crippen LogP contribution >= 0.6 is 0 Å². The molecule has 4 atom stereocenters. The summed E-state index contributed by atoms with van der Waals surface area (Å²) in [5.41, 5.74) is 1.46. The van der Waals surface area contributed by atoms with E-state index in [2.05, 4.69) is 42.6 Å². The molecule has 0 saturated carbocycles. The fourth-order valence-corrected chi connectivity index (χ4v) is 3.86. The SMILES string of the molecule is CCCNC(CCc1ccccc1)C1CC2CCC1O2. The van der Waals surface area contributed by atoms with Gasteiger partial charge >= 0.3 is 0 Å². The zero-order valence-electron chi connectivity index (χ0n) is 12.6. The lowest BCUT2D eigenvalue weighted by atomic mass is 9.81. The van der Waals surface area contributed by atoms with E-state index in [0.717, 1.165) is 12.5 Å². The highest BCUT2D eigenvalue weighted by atomic mass is 16.5. The Bertz CT molecular complexity index is 405. The molecule has 0 amide bonds. The van der Waals surface area contributed by atoms with E-state index in [4.69, 9.17) is 4.74 Å². The molecule has 1 N–H and O–H groups in total. The first-order valence-corrected chi connectivity index (χ1v) is 8.29. The molecule has 2 bridgehead atoms. The van der Waals surface area contributed by atoms with Gasteiger partial charge in [0.25, 0.3) is 0 Å². The van der Waals surface area contributed by atoms with Gasteiger partial charge in [0, 0.05) is 12.0 Å². The minimum atomic E-state index is 0.533. The standard InChI is InChI=1S/C18H27NO/c1-2-12-19-17(10-8-14-6-4-3-5-7-14)16-13-15-9-11-18(16)20-15/h3-7,15-19H,2,8-13H2,1H3. The van der Waals surface area contributed by atoms with Crippen LogP contribution in [0.2, 0.25) is 0 Å². The molecule has 0 aromatic heterocycles. The van der Waals surface area contributed by atoms with Crippen molar-refractivity contribution in [2.45, 2.75) is 63.7 Å². The minimum absolute atomic E-state index is 0.533. The van der Waals surface area contributed by atoms with Gasteiger partial charge in [0.05, 0.1) is 12.2 Å². The topological polar surface area (TPSA) is 21.3 Å². The van der Waals surface area contributed by atoms with Crippen LogP contribution < -0.4 is 5.32 Å². The third-order valence-electron chi connectivity index (χ3n) is 4.91. The van der Waals surface area contributed by atoms with Crippen LogP contribution in [0.5, 0.6) is 0 Å². The number of nitrogens with one attached hydrogen (secondary N) is 1. The van der Waals surface area contributed by atoms with Gasteiger partial charge in [-0.15, -0.1) is 0 Å². The highest BCUT2D eigenvalue weighted by Crippen LogP contribution is 2.41. The van der Waals surface area contributed by atoms with Crippen molar-refractivity contribution in [1.29, 1.82) is 0 Å². The van der Waals surface area contributed by atoms with Gasteiger partial charge in [-0.1, -0.05) is 37.3 Å². The molecule has 0 aliphatic carbocycles. The molecule has 20 heavy (non-hydrogen) atoms. The number of ether oxygens (including phenoxy) is 1. The molecule has 1 aromatic rings. The summed E-state index contributed by atoms with van der Waals surface area (Å²) >= 11 is 0. The lowest BCUT2D eigenvalue weighted by molar-refractivity contribution is 0.0850. The average molecular weight is 273 g/mol. The van der Waals surface area contributed by atoms with E-state index >= 15 is 0 Å². The van der Waals surface area contributed by atoms with E-state index in [0.29, 0.717) is 18.2 Å². The van der Waals surface area contributed by atoms with Crippen LogP contribution in [0.15, 0.2) is 30.3 Å². The van der Waals surface area contributed by atoms with Gasteiger partial charge in [0.2, 0.25) is 0 Å². The normalized spacial score (nSPS) is 29.8. The van der Waals surface area contributed by atoms with Crippen LogP contribution in [-0.4, -0.2) is 24.8 Å². The number of rotatable bonds is 7. The molecule has 0 radical (unpaired) electrons. The molecule has 2 nitrogen and oxygen atoms in total. The Morgan fingerprint density at radius 2 is 2.10 bits per heavy atom.